The van der Waals surface area contributed by atoms with Crippen LogP contribution in [0.2, 0.25) is 5.02 Å². The number of benzene rings is 2. The number of halogens is 2. The summed E-state index contributed by atoms with van der Waals surface area (Å²) in [5.41, 5.74) is 1.81. The molecule has 3 heterocycles. The number of nitrogens with zero attached hydrogens (tertiary/aromatic N) is 1. The van der Waals surface area contributed by atoms with Crippen LogP contribution in [0.25, 0.3) is 0 Å². The first-order valence-electron chi connectivity index (χ1n) is 10.9. The van der Waals surface area contributed by atoms with E-state index in [4.69, 9.17) is 16.6 Å². The molecule has 1 amide bonds. The Hall–Kier alpha value is -3.00. The largest absolute Gasteiger partial charge is 0.339 e. The van der Waals surface area contributed by atoms with Gasteiger partial charge in [0, 0.05) is 23.4 Å². The third-order valence-corrected chi connectivity index (χ3v) is 8.37. The molecule has 1 aliphatic heterocycles. The highest BCUT2D eigenvalue weighted by Crippen LogP contribution is 2.41. The predicted molar refractivity (Wildman–Crippen MR) is 137 cm³/mol. The van der Waals surface area contributed by atoms with Gasteiger partial charge in [-0.15, -0.1) is 11.8 Å². The zero-order chi connectivity index (χ0) is 24.4. The second kappa shape index (κ2) is 9.93. The van der Waals surface area contributed by atoms with Crippen molar-refractivity contribution in [3.05, 3.63) is 117 Å². The van der Waals surface area contributed by atoms with E-state index >= 15 is 0 Å². The van der Waals surface area contributed by atoms with Crippen LogP contribution in [0.3, 0.4) is 0 Å². The Morgan fingerprint density at radius 3 is 2.66 bits per heavy atom. The van der Waals surface area contributed by atoms with Crippen LogP contribution in [-0.2, 0) is 21.5 Å². The molecule has 4 nitrogen and oxygen atoms in total. The van der Waals surface area contributed by atoms with Gasteiger partial charge in [0.1, 0.15) is 16.6 Å². The third-order valence-electron chi connectivity index (χ3n) is 5.92. The molecule has 0 aliphatic carbocycles. The summed E-state index contributed by atoms with van der Waals surface area (Å²) in [6.45, 7) is 0. The highest BCUT2D eigenvalue weighted by molar-refractivity contribution is 8.01. The second-order valence-corrected chi connectivity index (χ2v) is 10.6. The first-order valence-corrected chi connectivity index (χ1v) is 13.1. The number of pyridine rings is 1. The monoisotopic (exact) mass is 522 g/mol. The second-order valence-electron chi connectivity index (χ2n) is 8.30. The van der Waals surface area contributed by atoms with Crippen molar-refractivity contribution in [1.29, 1.82) is 0 Å². The van der Waals surface area contributed by atoms with E-state index in [1.165, 1.54) is 23.5 Å². The van der Waals surface area contributed by atoms with E-state index < -0.39 is 10.8 Å². The molecule has 0 bridgehead atoms. The molecule has 2 atom stereocenters. The van der Waals surface area contributed by atoms with Gasteiger partial charge in [-0.25, -0.2) is 4.39 Å². The molecule has 1 aliphatic rings. The van der Waals surface area contributed by atoms with E-state index in [1.807, 2.05) is 47.2 Å². The number of ketones is 1. The van der Waals surface area contributed by atoms with E-state index in [1.54, 1.807) is 24.3 Å². The highest BCUT2D eigenvalue weighted by atomic mass is 35.5. The molecule has 1 fully saturated rings. The average molecular weight is 523 g/mol. The van der Waals surface area contributed by atoms with Crippen molar-refractivity contribution in [3.8, 4) is 0 Å². The fraction of sp³-hybridized carbons (Fsp3) is 0.148. The fourth-order valence-electron chi connectivity index (χ4n) is 4.26. The van der Waals surface area contributed by atoms with Crippen LogP contribution in [0.5, 0.6) is 0 Å². The lowest BCUT2D eigenvalue weighted by Gasteiger charge is -2.39. The van der Waals surface area contributed by atoms with Gasteiger partial charge in [-0.05, 0) is 64.4 Å². The average Bonchev–Trinajstić information content (AvgIpc) is 3.38. The molecule has 0 radical (unpaired) electrons. The van der Waals surface area contributed by atoms with Crippen molar-refractivity contribution in [1.82, 2.24) is 10.3 Å². The topological polar surface area (TPSA) is 59.1 Å². The standard InChI is InChI=1S/C27H20ClFN2O2S2/c28-21-8-1-2-9-23(21)35-25-22(32)15-27(31-26(25)33,18-11-12-34-16-18)24-10-4-7-20(30-24)14-17-5-3-6-19(29)13-17/h1-13,16,25H,14-15H2,(H,31,33). The molecular weight excluding hydrogens is 503 g/mol. The van der Waals surface area contributed by atoms with E-state index in [0.29, 0.717) is 22.0 Å². The maximum Gasteiger partial charge on any atom is 0.242 e. The molecule has 35 heavy (non-hydrogen) atoms. The Balaban J connectivity index is 1.49. The van der Waals surface area contributed by atoms with Crippen LogP contribution in [-0.4, -0.2) is 21.9 Å². The summed E-state index contributed by atoms with van der Waals surface area (Å²) in [6, 6.07) is 21.0. The number of aromatic nitrogens is 1. The summed E-state index contributed by atoms with van der Waals surface area (Å²) >= 11 is 8.92. The van der Waals surface area contributed by atoms with E-state index in [9.17, 15) is 14.0 Å². The Kier molecular flexibility index (Phi) is 6.73. The van der Waals surface area contributed by atoms with Gasteiger partial charge in [-0.3, -0.25) is 14.6 Å². The van der Waals surface area contributed by atoms with Crippen LogP contribution in [0.15, 0.2) is 88.5 Å². The molecule has 1 saturated heterocycles. The van der Waals surface area contributed by atoms with Gasteiger partial charge in [-0.2, -0.15) is 11.3 Å². The van der Waals surface area contributed by atoms with Crippen LogP contribution in [0.4, 0.5) is 4.39 Å². The summed E-state index contributed by atoms with van der Waals surface area (Å²) < 4.78 is 13.7. The van der Waals surface area contributed by atoms with Crippen molar-refractivity contribution in [2.45, 2.75) is 28.5 Å². The van der Waals surface area contributed by atoms with Gasteiger partial charge in [0.2, 0.25) is 5.91 Å². The summed E-state index contributed by atoms with van der Waals surface area (Å²) in [6.07, 6.45) is 0.492. The number of Topliss-reactive ketones (excluding diaryl/α,β-unsaturated/α-hetero) is 1. The van der Waals surface area contributed by atoms with Gasteiger partial charge >= 0.3 is 0 Å². The van der Waals surface area contributed by atoms with Crippen molar-refractivity contribution < 1.29 is 14.0 Å². The fourth-order valence-corrected chi connectivity index (χ4v) is 6.23. The van der Waals surface area contributed by atoms with Crippen molar-refractivity contribution in [2.24, 2.45) is 0 Å². The van der Waals surface area contributed by atoms with Gasteiger partial charge < -0.3 is 5.32 Å². The van der Waals surface area contributed by atoms with Crippen LogP contribution in [0, 0.1) is 5.82 Å². The normalized spacial score (nSPS) is 20.0. The number of hydrogen-bond donors (Lipinski definition) is 1. The van der Waals surface area contributed by atoms with Crippen LogP contribution in [0.1, 0.15) is 28.9 Å². The Morgan fingerprint density at radius 1 is 1.09 bits per heavy atom. The Labute approximate surface area is 215 Å². The van der Waals surface area contributed by atoms with Crippen LogP contribution >= 0.6 is 34.7 Å². The number of thioether (sulfide) groups is 1. The number of rotatable bonds is 6. The van der Waals surface area contributed by atoms with E-state index in [2.05, 4.69) is 5.32 Å². The summed E-state index contributed by atoms with van der Waals surface area (Å²) in [5.74, 6) is -0.877. The first-order chi connectivity index (χ1) is 16.9. The maximum atomic E-state index is 13.7. The lowest BCUT2D eigenvalue weighted by atomic mass is 9.79. The van der Waals surface area contributed by atoms with E-state index in [-0.39, 0.29) is 23.9 Å². The smallest absolute Gasteiger partial charge is 0.242 e. The highest BCUT2D eigenvalue weighted by Gasteiger charge is 2.48. The van der Waals surface area contributed by atoms with Crippen molar-refractivity contribution >= 4 is 46.4 Å². The van der Waals surface area contributed by atoms with Crippen molar-refractivity contribution in [3.63, 3.8) is 0 Å². The lowest BCUT2D eigenvalue weighted by molar-refractivity contribution is -0.133. The quantitative estimate of drug-likeness (QED) is 0.315. The summed E-state index contributed by atoms with van der Waals surface area (Å²) in [4.78, 5) is 32.3. The minimum atomic E-state index is -1.08. The summed E-state index contributed by atoms with van der Waals surface area (Å²) in [5, 5.41) is 6.56. The van der Waals surface area contributed by atoms with Gasteiger partial charge in [0.15, 0.2) is 5.78 Å². The Morgan fingerprint density at radius 2 is 1.91 bits per heavy atom. The molecule has 176 valence electrons. The zero-order valence-electron chi connectivity index (χ0n) is 18.4. The third kappa shape index (κ3) is 4.89. The lowest BCUT2D eigenvalue weighted by Crippen LogP contribution is -2.58. The zero-order valence-corrected chi connectivity index (χ0v) is 20.8. The minimum Gasteiger partial charge on any atom is -0.339 e. The molecule has 2 aromatic carbocycles. The number of thiophene rings is 1. The number of hydrogen-bond acceptors (Lipinski definition) is 5. The molecule has 0 spiro atoms. The molecule has 2 aromatic heterocycles. The molecular formula is C27H20ClFN2O2S2. The number of amides is 1. The molecule has 8 heteroatoms. The van der Waals surface area contributed by atoms with E-state index in [0.717, 1.165) is 28.6 Å². The van der Waals surface area contributed by atoms with Crippen molar-refractivity contribution in [2.75, 3.05) is 0 Å². The van der Waals surface area contributed by atoms with Crippen LogP contribution < -0.4 is 5.32 Å². The van der Waals surface area contributed by atoms with Gasteiger partial charge in [0.05, 0.1) is 10.7 Å². The first kappa shape index (κ1) is 23.7. The number of carbonyl (C=O) groups is 2. The molecule has 5 rings (SSSR count). The number of nitrogens with one attached hydrogen (secondary N) is 1. The number of piperidine rings is 1. The maximum absolute atomic E-state index is 13.7. The molecule has 2 unspecified atom stereocenters. The summed E-state index contributed by atoms with van der Waals surface area (Å²) in [7, 11) is 0. The minimum absolute atomic E-state index is 0.0635. The predicted octanol–water partition coefficient (Wildman–Crippen LogP) is 6.02. The molecule has 0 saturated carbocycles. The van der Waals surface area contributed by atoms with Gasteiger partial charge in [0.25, 0.3) is 0 Å². The SMILES string of the molecule is O=C1CC(c2ccsc2)(c2cccc(Cc3cccc(F)c3)n2)NC(=O)C1Sc1ccccc1Cl. The molecule has 4 aromatic rings. The molecule has 1 N–H and O–H groups in total. The van der Waals surface area contributed by atoms with Gasteiger partial charge in [-0.1, -0.05) is 41.9 Å². The Bertz CT molecular complexity index is 1380. The number of carbonyl (C=O) groups excluding carboxylic acids is 2.